The first-order valence-electron chi connectivity index (χ1n) is 6.31. The predicted molar refractivity (Wildman–Crippen MR) is 81.0 cm³/mol. The highest BCUT2D eigenvalue weighted by Crippen LogP contribution is 2.22. The van der Waals surface area contributed by atoms with E-state index in [0.29, 0.717) is 10.6 Å². The summed E-state index contributed by atoms with van der Waals surface area (Å²) in [5.41, 5.74) is 2.55. The van der Waals surface area contributed by atoms with Crippen LogP contribution in [0.5, 0.6) is 0 Å². The van der Waals surface area contributed by atoms with E-state index in [4.69, 9.17) is 4.42 Å². The maximum absolute atomic E-state index is 11.9. The normalized spacial score (nSPS) is 10.8. The molecule has 0 saturated heterocycles. The van der Waals surface area contributed by atoms with Crippen LogP contribution in [0.2, 0.25) is 0 Å². The van der Waals surface area contributed by atoms with Crippen molar-refractivity contribution in [3.8, 4) is 0 Å². The lowest BCUT2D eigenvalue weighted by atomic mass is 10.2. The molecule has 3 rings (SSSR count). The molecule has 100 valence electrons. The van der Waals surface area contributed by atoms with Crippen molar-refractivity contribution >= 4 is 22.7 Å². The molecular formula is C16H13NO2S. The second-order valence-electron chi connectivity index (χ2n) is 4.51. The Labute approximate surface area is 120 Å². The van der Waals surface area contributed by atoms with E-state index < -0.39 is 0 Å². The summed E-state index contributed by atoms with van der Waals surface area (Å²) < 4.78 is 5.26. The lowest BCUT2D eigenvalue weighted by Gasteiger charge is -2.03. The van der Waals surface area contributed by atoms with Crippen LogP contribution >= 0.6 is 11.8 Å². The van der Waals surface area contributed by atoms with Crippen LogP contribution in [0.15, 0.2) is 63.0 Å². The van der Waals surface area contributed by atoms with E-state index in [1.165, 1.54) is 17.3 Å². The van der Waals surface area contributed by atoms with Crippen molar-refractivity contribution in [1.29, 1.82) is 0 Å². The van der Waals surface area contributed by atoms with Gasteiger partial charge in [0.25, 0.3) is 5.22 Å². The van der Waals surface area contributed by atoms with Crippen LogP contribution in [0.25, 0.3) is 10.9 Å². The summed E-state index contributed by atoms with van der Waals surface area (Å²) in [5, 5.41) is 0.953. The van der Waals surface area contributed by atoms with Gasteiger partial charge in [-0.3, -0.25) is 0 Å². The zero-order valence-corrected chi connectivity index (χ0v) is 11.8. The van der Waals surface area contributed by atoms with Gasteiger partial charge in [0.1, 0.15) is 0 Å². The lowest BCUT2D eigenvalue weighted by molar-refractivity contribution is 0.401. The van der Waals surface area contributed by atoms with Crippen LogP contribution < -0.4 is 5.63 Å². The molecule has 0 N–H and O–H groups in total. The summed E-state index contributed by atoms with van der Waals surface area (Å²) in [6.45, 7) is 1.94. The van der Waals surface area contributed by atoms with Gasteiger partial charge in [-0.1, -0.05) is 54.2 Å². The van der Waals surface area contributed by atoms with Crippen molar-refractivity contribution in [2.24, 2.45) is 0 Å². The summed E-state index contributed by atoms with van der Waals surface area (Å²) in [6, 6.07) is 15.6. The van der Waals surface area contributed by atoms with Crippen LogP contribution in [-0.2, 0) is 5.75 Å². The Hall–Kier alpha value is -2.07. The molecule has 0 bridgehead atoms. The number of benzene rings is 2. The first kappa shape index (κ1) is 12.9. The van der Waals surface area contributed by atoms with Crippen LogP contribution in [0.1, 0.15) is 11.1 Å². The monoisotopic (exact) mass is 283 g/mol. The number of hydrogen-bond donors (Lipinski definition) is 0. The van der Waals surface area contributed by atoms with Crippen molar-refractivity contribution in [2.75, 3.05) is 0 Å². The van der Waals surface area contributed by atoms with Crippen LogP contribution in [0, 0.1) is 6.92 Å². The highest BCUT2D eigenvalue weighted by Gasteiger charge is 2.08. The van der Waals surface area contributed by atoms with Gasteiger partial charge in [-0.25, -0.2) is 9.78 Å². The minimum atomic E-state index is -0.325. The molecule has 0 aliphatic heterocycles. The Morgan fingerprint density at radius 3 is 2.70 bits per heavy atom. The van der Waals surface area contributed by atoms with Gasteiger partial charge in [0.2, 0.25) is 0 Å². The maximum Gasteiger partial charge on any atom is 0.347 e. The van der Waals surface area contributed by atoms with Gasteiger partial charge in [0.15, 0.2) is 0 Å². The second-order valence-corrected chi connectivity index (χ2v) is 5.44. The number of nitrogens with zero attached hydrogens (tertiary/aromatic N) is 1. The average Bonchev–Trinajstić information content (AvgIpc) is 2.47. The van der Waals surface area contributed by atoms with E-state index in [1.807, 2.05) is 49.4 Å². The van der Waals surface area contributed by atoms with Gasteiger partial charge < -0.3 is 4.42 Å². The van der Waals surface area contributed by atoms with Crippen molar-refractivity contribution in [3.05, 3.63) is 70.1 Å². The summed E-state index contributed by atoms with van der Waals surface area (Å²) in [6.07, 6.45) is 0. The molecule has 0 unspecified atom stereocenters. The molecule has 0 atom stereocenters. The van der Waals surface area contributed by atoms with Crippen molar-refractivity contribution < 1.29 is 4.42 Å². The molecule has 2 aromatic carbocycles. The molecule has 1 heterocycles. The number of rotatable bonds is 3. The number of aromatic nitrogens is 1. The SMILES string of the molecule is Cc1cccc2c(=O)oc(SCc3ccccc3)nc12. The summed E-state index contributed by atoms with van der Waals surface area (Å²) >= 11 is 1.43. The van der Waals surface area contributed by atoms with Crippen LogP contribution in [0.3, 0.4) is 0 Å². The number of hydrogen-bond acceptors (Lipinski definition) is 4. The highest BCUT2D eigenvalue weighted by molar-refractivity contribution is 7.98. The van der Waals surface area contributed by atoms with Gasteiger partial charge in [-0.2, -0.15) is 0 Å². The second kappa shape index (κ2) is 5.51. The van der Waals surface area contributed by atoms with Crippen molar-refractivity contribution in [3.63, 3.8) is 0 Å². The quantitative estimate of drug-likeness (QED) is 0.686. The Morgan fingerprint density at radius 2 is 1.90 bits per heavy atom. The predicted octanol–water partition coefficient (Wildman–Crippen LogP) is 3.79. The molecule has 0 aliphatic rings. The standard InChI is InChI=1S/C16H13NO2S/c1-11-6-5-9-13-14(11)17-16(19-15(13)18)20-10-12-7-3-2-4-8-12/h2-9H,10H2,1H3. The van der Waals surface area contributed by atoms with Crippen molar-refractivity contribution in [1.82, 2.24) is 4.98 Å². The van der Waals surface area contributed by atoms with E-state index in [2.05, 4.69) is 4.98 Å². The van der Waals surface area contributed by atoms with Gasteiger partial charge >= 0.3 is 5.63 Å². The molecule has 4 heteroatoms. The van der Waals surface area contributed by atoms with E-state index >= 15 is 0 Å². The zero-order valence-electron chi connectivity index (χ0n) is 11.0. The maximum atomic E-state index is 11.9. The molecule has 0 saturated carbocycles. The average molecular weight is 283 g/mol. The Bertz CT molecular complexity index is 796. The minimum Gasteiger partial charge on any atom is -0.397 e. The first-order valence-corrected chi connectivity index (χ1v) is 7.30. The number of para-hydroxylation sites is 1. The number of aryl methyl sites for hydroxylation is 1. The molecule has 20 heavy (non-hydrogen) atoms. The molecule has 3 nitrogen and oxygen atoms in total. The first-order chi connectivity index (χ1) is 9.74. The fourth-order valence-electron chi connectivity index (χ4n) is 2.00. The van der Waals surface area contributed by atoms with Gasteiger partial charge in [0, 0.05) is 5.75 Å². The van der Waals surface area contributed by atoms with E-state index in [1.54, 1.807) is 6.07 Å². The topological polar surface area (TPSA) is 43.1 Å². The van der Waals surface area contributed by atoms with Crippen LogP contribution in [0.4, 0.5) is 0 Å². The largest absolute Gasteiger partial charge is 0.397 e. The van der Waals surface area contributed by atoms with E-state index in [9.17, 15) is 4.79 Å². The third-order valence-corrected chi connectivity index (χ3v) is 3.95. The lowest BCUT2D eigenvalue weighted by Crippen LogP contribution is -2.03. The smallest absolute Gasteiger partial charge is 0.347 e. The fourth-order valence-corrected chi connectivity index (χ4v) is 2.77. The fraction of sp³-hybridized carbons (Fsp3) is 0.125. The van der Waals surface area contributed by atoms with E-state index in [0.717, 1.165) is 16.8 Å². The Kier molecular flexibility index (Phi) is 3.56. The molecule has 0 spiro atoms. The molecule has 0 fully saturated rings. The van der Waals surface area contributed by atoms with E-state index in [-0.39, 0.29) is 5.63 Å². The zero-order chi connectivity index (χ0) is 13.9. The molecule has 0 aliphatic carbocycles. The summed E-state index contributed by atoms with van der Waals surface area (Å²) in [4.78, 5) is 16.4. The molecule has 0 radical (unpaired) electrons. The highest BCUT2D eigenvalue weighted by atomic mass is 32.2. The number of thioether (sulfide) groups is 1. The molecule has 1 aromatic heterocycles. The van der Waals surface area contributed by atoms with Crippen LogP contribution in [-0.4, -0.2) is 4.98 Å². The molecule has 0 amide bonds. The third kappa shape index (κ3) is 2.60. The Balaban J connectivity index is 1.93. The van der Waals surface area contributed by atoms with Gasteiger partial charge in [-0.15, -0.1) is 0 Å². The third-order valence-electron chi connectivity index (χ3n) is 3.05. The summed E-state index contributed by atoms with van der Waals surface area (Å²) in [5.74, 6) is 0.730. The summed E-state index contributed by atoms with van der Waals surface area (Å²) in [7, 11) is 0. The Morgan fingerprint density at radius 1 is 1.10 bits per heavy atom. The van der Waals surface area contributed by atoms with Gasteiger partial charge in [0.05, 0.1) is 10.9 Å². The van der Waals surface area contributed by atoms with Crippen molar-refractivity contribution in [2.45, 2.75) is 17.9 Å². The minimum absolute atomic E-state index is 0.325. The van der Waals surface area contributed by atoms with Gasteiger partial charge in [-0.05, 0) is 24.1 Å². The molecule has 3 aromatic rings. The molecular weight excluding hydrogens is 270 g/mol. The number of fused-ring (bicyclic) bond motifs is 1.